The van der Waals surface area contributed by atoms with Gasteiger partial charge in [-0.25, -0.2) is 0 Å². The Morgan fingerprint density at radius 1 is 1.00 bits per heavy atom. The van der Waals surface area contributed by atoms with E-state index in [9.17, 15) is 0 Å². The molecule has 0 aliphatic rings. The minimum absolute atomic E-state index is 0.423. The van der Waals surface area contributed by atoms with Crippen LogP contribution in [0.15, 0.2) is 55.1 Å². The summed E-state index contributed by atoms with van der Waals surface area (Å²) in [6.07, 6.45) is 0.951. The zero-order valence-electron chi connectivity index (χ0n) is 12.8. The third-order valence-electron chi connectivity index (χ3n) is 3.94. The number of allylic oxidation sites excluding steroid dienone is 3. The summed E-state index contributed by atoms with van der Waals surface area (Å²) in [6, 6.07) is 8.58. The largest absolute Gasteiger partial charge is 0.0998 e. The van der Waals surface area contributed by atoms with E-state index in [1.54, 1.807) is 0 Å². The average molecular weight is 254 g/mol. The van der Waals surface area contributed by atoms with E-state index in [0.717, 1.165) is 6.42 Å². The molecule has 0 aliphatic carbocycles. The number of rotatable bonds is 6. The van der Waals surface area contributed by atoms with Crippen molar-refractivity contribution in [2.75, 3.05) is 0 Å². The van der Waals surface area contributed by atoms with Crippen LogP contribution in [0.2, 0.25) is 0 Å². The van der Waals surface area contributed by atoms with Crippen molar-refractivity contribution < 1.29 is 0 Å². The first kappa shape index (κ1) is 15.5. The molecule has 19 heavy (non-hydrogen) atoms. The lowest BCUT2D eigenvalue weighted by molar-refractivity contribution is 0.476. The van der Waals surface area contributed by atoms with Crippen LogP contribution in [-0.4, -0.2) is 0 Å². The molecule has 0 N–H and O–H groups in total. The van der Waals surface area contributed by atoms with Crippen molar-refractivity contribution in [3.8, 4) is 0 Å². The van der Waals surface area contributed by atoms with E-state index in [4.69, 9.17) is 0 Å². The third kappa shape index (κ3) is 4.24. The maximum absolute atomic E-state index is 4.25. The number of hydrogen-bond donors (Lipinski definition) is 0. The Hall–Kier alpha value is -1.56. The summed E-state index contributed by atoms with van der Waals surface area (Å²) in [4.78, 5) is 0. The zero-order chi connectivity index (χ0) is 14.6. The Bertz CT molecular complexity index is 473. The van der Waals surface area contributed by atoms with Crippen LogP contribution in [0.5, 0.6) is 0 Å². The molecule has 1 aromatic rings. The van der Waals surface area contributed by atoms with Crippen molar-refractivity contribution in [2.45, 2.75) is 34.1 Å². The Morgan fingerprint density at radius 3 is 1.95 bits per heavy atom. The van der Waals surface area contributed by atoms with Crippen molar-refractivity contribution in [2.24, 2.45) is 11.8 Å². The molecule has 0 amide bonds. The highest BCUT2D eigenvalue weighted by Crippen LogP contribution is 2.33. The van der Waals surface area contributed by atoms with Crippen molar-refractivity contribution in [3.63, 3.8) is 0 Å². The van der Waals surface area contributed by atoms with Gasteiger partial charge in [-0.15, -0.1) is 0 Å². The minimum atomic E-state index is 0.423. The van der Waals surface area contributed by atoms with Gasteiger partial charge in [0.1, 0.15) is 0 Å². The SMILES string of the molecule is C=C(CC(C(=C)C)C(C)C(=C)C)c1ccc(C)cc1. The predicted molar refractivity (Wildman–Crippen MR) is 87.1 cm³/mol. The first-order valence-corrected chi connectivity index (χ1v) is 6.88. The second kappa shape index (κ2) is 6.56. The minimum Gasteiger partial charge on any atom is -0.0998 e. The highest BCUT2D eigenvalue weighted by Gasteiger charge is 2.19. The van der Waals surface area contributed by atoms with Gasteiger partial charge in [0.25, 0.3) is 0 Å². The summed E-state index contributed by atoms with van der Waals surface area (Å²) < 4.78 is 0. The molecule has 0 nitrogen and oxygen atoms in total. The van der Waals surface area contributed by atoms with Gasteiger partial charge in [-0.3, -0.25) is 0 Å². The Labute approximate surface area is 118 Å². The molecule has 102 valence electrons. The molecule has 0 aliphatic heterocycles. The summed E-state index contributed by atoms with van der Waals surface area (Å²) in [6.45, 7) is 21.0. The van der Waals surface area contributed by atoms with Gasteiger partial charge in [-0.05, 0) is 50.2 Å². The quantitative estimate of drug-likeness (QED) is 0.562. The molecule has 0 heterocycles. The standard InChI is InChI=1S/C19H26/c1-13(2)17(7)19(14(3)4)12-16(6)18-10-8-15(5)9-11-18/h8-11,17,19H,1,3,6,12H2,2,4-5,7H3. The molecule has 2 unspecified atom stereocenters. The molecule has 0 heteroatoms. The van der Waals surface area contributed by atoms with Crippen LogP contribution in [0.4, 0.5) is 0 Å². The molecule has 0 aromatic heterocycles. The van der Waals surface area contributed by atoms with Crippen LogP contribution >= 0.6 is 0 Å². The predicted octanol–water partition coefficient (Wildman–Crippen LogP) is 5.80. The fourth-order valence-corrected chi connectivity index (χ4v) is 2.29. The molecular weight excluding hydrogens is 228 g/mol. The second-order valence-electron chi connectivity index (χ2n) is 5.76. The third-order valence-corrected chi connectivity index (χ3v) is 3.94. The summed E-state index contributed by atoms with van der Waals surface area (Å²) in [7, 11) is 0. The van der Waals surface area contributed by atoms with Gasteiger partial charge in [0.05, 0.1) is 0 Å². The van der Waals surface area contributed by atoms with E-state index < -0.39 is 0 Å². The van der Waals surface area contributed by atoms with Crippen LogP contribution in [0.3, 0.4) is 0 Å². The highest BCUT2D eigenvalue weighted by atomic mass is 14.2. The zero-order valence-corrected chi connectivity index (χ0v) is 12.8. The molecule has 2 atom stereocenters. The van der Waals surface area contributed by atoms with Crippen molar-refractivity contribution in [1.82, 2.24) is 0 Å². The van der Waals surface area contributed by atoms with Crippen molar-refractivity contribution in [1.29, 1.82) is 0 Å². The van der Waals surface area contributed by atoms with Gasteiger partial charge >= 0.3 is 0 Å². The molecule has 0 fully saturated rings. The second-order valence-corrected chi connectivity index (χ2v) is 5.76. The van der Waals surface area contributed by atoms with Gasteiger partial charge in [0.15, 0.2) is 0 Å². The first-order valence-electron chi connectivity index (χ1n) is 6.88. The summed E-state index contributed by atoms with van der Waals surface area (Å²) in [5.74, 6) is 0.867. The lowest BCUT2D eigenvalue weighted by atomic mass is 9.79. The van der Waals surface area contributed by atoms with Gasteiger partial charge in [0, 0.05) is 0 Å². The Morgan fingerprint density at radius 2 is 1.53 bits per heavy atom. The Balaban J connectivity index is 2.85. The van der Waals surface area contributed by atoms with Gasteiger partial charge in [0.2, 0.25) is 0 Å². The molecule has 0 saturated carbocycles. The smallest absolute Gasteiger partial charge is 0.0105 e. The van der Waals surface area contributed by atoms with E-state index in [2.05, 4.69) is 71.7 Å². The summed E-state index contributed by atoms with van der Waals surface area (Å²) >= 11 is 0. The summed E-state index contributed by atoms with van der Waals surface area (Å²) in [5.41, 5.74) is 6.11. The molecule has 0 radical (unpaired) electrons. The first-order chi connectivity index (χ1) is 8.82. The van der Waals surface area contributed by atoms with E-state index in [-0.39, 0.29) is 0 Å². The molecule has 0 bridgehead atoms. The molecule has 0 spiro atoms. The van der Waals surface area contributed by atoms with E-state index >= 15 is 0 Å². The van der Waals surface area contributed by atoms with Gasteiger partial charge in [-0.2, -0.15) is 0 Å². The van der Waals surface area contributed by atoms with Crippen LogP contribution in [0, 0.1) is 18.8 Å². The monoisotopic (exact) mass is 254 g/mol. The van der Waals surface area contributed by atoms with Crippen LogP contribution < -0.4 is 0 Å². The van der Waals surface area contributed by atoms with Crippen LogP contribution in [0.25, 0.3) is 5.57 Å². The average Bonchev–Trinajstić information content (AvgIpc) is 2.35. The summed E-state index contributed by atoms with van der Waals surface area (Å²) in [5, 5.41) is 0. The van der Waals surface area contributed by atoms with Crippen LogP contribution in [-0.2, 0) is 0 Å². The maximum atomic E-state index is 4.25. The molecule has 0 saturated heterocycles. The fourth-order valence-electron chi connectivity index (χ4n) is 2.29. The van der Waals surface area contributed by atoms with Crippen molar-refractivity contribution in [3.05, 3.63) is 66.3 Å². The number of benzene rings is 1. The number of hydrogen-bond acceptors (Lipinski definition) is 0. The van der Waals surface area contributed by atoms with Gasteiger partial charge < -0.3 is 0 Å². The van der Waals surface area contributed by atoms with Crippen molar-refractivity contribution >= 4 is 5.57 Å². The van der Waals surface area contributed by atoms with Crippen LogP contribution in [0.1, 0.15) is 38.3 Å². The molecular formula is C19H26. The maximum Gasteiger partial charge on any atom is -0.0105 e. The number of aryl methyl sites for hydroxylation is 1. The van der Waals surface area contributed by atoms with Gasteiger partial charge in [-0.1, -0.05) is 67.6 Å². The molecule has 1 rings (SSSR count). The molecule has 1 aromatic carbocycles. The Kier molecular flexibility index (Phi) is 5.35. The topological polar surface area (TPSA) is 0 Å². The lowest BCUT2D eigenvalue weighted by Gasteiger charge is -2.26. The lowest BCUT2D eigenvalue weighted by Crippen LogP contribution is -2.14. The normalized spacial score (nSPS) is 13.7. The van der Waals surface area contributed by atoms with E-state index in [1.165, 1.54) is 27.8 Å². The van der Waals surface area contributed by atoms with E-state index in [0.29, 0.717) is 11.8 Å². The fraction of sp³-hybridized carbons (Fsp3) is 0.368. The highest BCUT2D eigenvalue weighted by molar-refractivity contribution is 5.64. The van der Waals surface area contributed by atoms with E-state index in [1.807, 2.05) is 0 Å².